The second-order valence-electron chi connectivity index (χ2n) is 6.66. The lowest BCUT2D eigenvalue weighted by molar-refractivity contribution is 0.102. The summed E-state index contributed by atoms with van der Waals surface area (Å²) in [5.74, 6) is 2.46. The Labute approximate surface area is 163 Å². The van der Waals surface area contributed by atoms with Gasteiger partial charge in [0.25, 0.3) is 5.91 Å². The van der Waals surface area contributed by atoms with Crippen LogP contribution < -0.4 is 15.4 Å². The van der Waals surface area contributed by atoms with Gasteiger partial charge >= 0.3 is 0 Å². The Hall–Kier alpha value is -3.35. The summed E-state index contributed by atoms with van der Waals surface area (Å²) >= 11 is 0. The van der Waals surface area contributed by atoms with Gasteiger partial charge in [0, 0.05) is 22.9 Å². The number of amides is 1. The molecule has 1 saturated carbocycles. The first kappa shape index (κ1) is 18.0. The minimum atomic E-state index is -0.165. The molecule has 3 aromatic rings. The van der Waals surface area contributed by atoms with E-state index in [-0.39, 0.29) is 5.91 Å². The zero-order chi connectivity index (χ0) is 19.3. The van der Waals surface area contributed by atoms with Gasteiger partial charge in [-0.2, -0.15) is 4.98 Å². The lowest BCUT2D eigenvalue weighted by Gasteiger charge is -2.08. The van der Waals surface area contributed by atoms with E-state index in [2.05, 4.69) is 20.8 Å². The molecule has 1 aromatic heterocycles. The minimum absolute atomic E-state index is 0.165. The summed E-state index contributed by atoms with van der Waals surface area (Å²) in [6, 6.07) is 14.6. The summed E-state index contributed by atoms with van der Waals surface area (Å²) in [4.78, 5) is 16.8. The highest BCUT2D eigenvalue weighted by atomic mass is 16.5. The van der Waals surface area contributed by atoms with Crippen molar-refractivity contribution in [2.75, 3.05) is 17.2 Å². The van der Waals surface area contributed by atoms with Crippen LogP contribution in [0.1, 0.15) is 47.8 Å². The topological polar surface area (TPSA) is 89.3 Å². The zero-order valence-electron chi connectivity index (χ0n) is 15.6. The first-order valence-corrected chi connectivity index (χ1v) is 9.42. The van der Waals surface area contributed by atoms with Crippen LogP contribution in [0.3, 0.4) is 0 Å². The number of ether oxygens (including phenoxy) is 1. The minimum Gasteiger partial charge on any atom is -0.494 e. The van der Waals surface area contributed by atoms with E-state index < -0.39 is 0 Å². The number of hydrogen-bond donors (Lipinski definition) is 2. The van der Waals surface area contributed by atoms with Crippen LogP contribution in [0.4, 0.5) is 11.4 Å². The number of rotatable bonds is 8. The van der Waals surface area contributed by atoms with Gasteiger partial charge in [-0.05, 0) is 68.3 Å². The van der Waals surface area contributed by atoms with Gasteiger partial charge in [-0.15, -0.1) is 0 Å². The van der Waals surface area contributed by atoms with E-state index in [1.807, 2.05) is 43.3 Å². The van der Waals surface area contributed by atoms with Gasteiger partial charge in [0.1, 0.15) is 5.75 Å². The fraction of sp³-hybridized carbons (Fsp3) is 0.286. The molecule has 0 saturated heterocycles. The molecule has 0 unspecified atom stereocenters. The van der Waals surface area contributed by atoms with Crippen molar-refractivity contribution < 1.29 is 14.1 Å². The maximum atomic E-state index is 12.4. The summed E-state index contributed by atoms with van der Waals surface area (Å²) in [5.41, 5.74) is 2.18. The fourth-order valence-corrected chi connectivity index (χ4v) is 2.77. The van der Waals surface area contributed by atoms with Crippen LogP contribution in [0.2, 0.25) is 0 Å². The van der Waals surface area contributed by atoms with Crippen LogP contribution in [0.15, 0.2) is 53.1 Å². The van der Waals surface area contributed by atoms with Crippen molar-refractivity contribution in [3.8, 4) is 5.75 Å². The molecule has 1 aliphatic carbocycles. The molecule has 28 heavy (non-hydrogen) atoms. The van der Waals surface area contributed by atoms with E-state index >= 15 is 0 Å². The Morgan fingerprint density at radius 2 is 1.82 bits per heavy atom. The zero-order valence-corrected chi connectivity index (χ0v) is 15.6. The van der Waals surface area contributed by atoms with E-state index in [9.17, 15) is 4.79 Å². The number of aromatic nitrogens is 2. The number of carbonyl (C=O) groups excluding carboxylic acids is 1. The SMILES string of the molecule is CCOc1ccc(NC(=O)c2ccc(NCc3nc(C4CC4)no3)cc2)cc1. The number of nitrogens with one attached hydrogen (secondary N) is 2. The Morgan fingerprint density at radius 1 is 1.11 bits per heavy atom. The van der Waals surface area contributed by atoms with E-state index in [0.717, 1.165) is 35.8 Å². The molecule has 1 amide bonds. The van der Waals surface area contributed by atoms with Gasteiger partial charge < -0.3 is 19.9 Å². The Bertz CT molecular complexity index is 931. The third kappa shape index (κ3) is 4.49. The van der Waals surface area contributed by atoms with Gasteiger partial charge in [0.2, 0.25) is 5.89 Å². The van der Waals surface area contributed by atoms with Gasteiger partial charge in [-0.25, -0.2) is 0 Å². The van der Waals surface area contributed by atoms with Crippen LogP contribution in [-0.2, 0) is 6.54 Å². The maximum absolute atomic E-state index is 12.4. The van der Waals surface area contributed by atoms with E-state index in [1.165, 1.54) is 0 Å². The molecular formula is C21H22N4O3. The molecule has 2 N–H and O–H groups in total. The van der Waals surface area contributed by atoms with E-state index in [1.54, 1.807) is 12.1 Å². The van der Waals surface area contributed by atoms with Crippen molar-refractivity contribution in [2.24, 2.45) is 0 Å². The van der Waals surface area contributed by atoms with Gasteiger partial charge in [-0.1, -0.05) is 5.16 Å². The van der Waals surface area contributed by atoms with Crippen molar-refractivity contribution >= 4 is 17.3 Å². The van der Waals surface area contributed by atoms with Crippen molar-refractivity contribution in [1.82, 2.24) is 10.1 Å². The molecule has 1 aliphatic rings. The molecule has 0 spiro atoms. The first-order chi connectivity index (χ1) is 13.7. The predicted molar refractivity (Wildman–Crippen MR) is 106 cm³/mol. The van der Waals surface area contributed by atoms with Crippen LogP contribution in [0, 0.1) is 0 Å². The fourth-order valence-electron chi connectivity index (χ4n) is 2.77. The highest BCUT2D eigenvalue weighted by Crippen LogP contribution is 2.38. The van der Waals surface area contributed by atoms with Crippen LogP contribution >= 0.6 is 0 Å². The predicted octanol–water partition coefficient (Wildman–Crippen LogP) is 4.21. The molecule has 0 aliphatic heterocycles. The summed E-state index contributed by atoms with van der Waals surface area (Å²) in [7, 11) is 0. The normalized spacial score (nSPS) is 13.2. The third-order valence-electron chi connectivity index (χ3n) is 4.44. The largest absolute Gasteiger partial charge is 0.494 e. The van der Waals surface area contributed by atoms with Gasteiger partial charge in [0.15, 0.2) is 5.82 Å². The number of hydrogen-bond acceptors (Lipinski definition) is 6. The lowest BCUT2D eigenvalue weighted by Crippen LogP contribution is -2.11. The number of nitrogens with zero attached hydrogens (tertiary/aromatic N) is 2. The van der Waals surface area contributed by atoms with Crippen LogP contribution in [-0.4, -0.2) is 22.7 Å². The summed E-state index contributed by atoms with van der Waals surface area (Å²) in [6.07, 6.45) is 2.29. The van der Waals surface area contributed by atoms with Crippen molar-refractivity contribution in [3.05, 3.63) is 65.8 Å². The molecule has 4 rings (SSSR count). The molecule has 2 aromatic carbocycles. The average Bonchev–Trinajstić information content (AvgIpc) is 3.46. The highest BCUT2D eigenvalue weighted by molar-refractivity contribution is 6.04. The molecule has 1 fully saturated rings. The summed E-state index contributed by atoms with van der Waals surface area (Å²) in [5, 5.41) is 10.1. The maximum Gasteiger partial charge on any atom is 0.255 e. The number of benzene rings is 2. The average molecular weight is 378 g/mol. The smallest absolute Gasteiger partial charge is 0.255 e. The second kappa shape index (κ2) is 8.12. The standard InChI is InChI=1S/C21H22N4O3/c1-2-27-18-11-9-17(10-12-18)23-21(26)15-5-7-16(8-6-15)22-13-19-24-20(25-28-19)14-3-4-14/h5-12,14,22H,2-4,13H2,1H3,(H,23,26). The molecule has 0 atom stereocenters. The molecule has 7 heteroatoms. The highest BCUT2D eigenvalue weighted by Gasteiger charge is 2.28. The van der Waals surface area contributed by atoms with Crippen molar-refractivity contribution in [1.29, 1.82) is 0 Å². The van der Waals surface area contributed by atoms with E-state index in [4.69, 9.17) is 9.26 Å². The Balaban J connectivity index is 1.30. The van der Waals surface area contributed by atoms with Gasteiger partial charge in [0.05, 0.1) is 13.2 Å². The molecule has 0 radical (unpaired) electrons. The number of carbonyl (C=O) groups is 1. The first-order valence-electron chi connectivity index (χ1n) is 9.42. The van der Waals surface area contributed by atoms with Crippen molar-refractivity contribution in [3.63, 3.8) is 0 Å². The van der Waals surface area contributed by atoms with E-state index in [0.29, 0.717) is 30.5 Å². The molecule has 1 heterocycles. The van der Waals surface area contributed by atoms with Gasteiger partial charge in [-0.3, -0.25) is 4.79 Å². The van der Waals surface area contributed by atoms with Crippen LogP contribution in [0.25, 0.3) is 0 Å². The second-order valence-corrected chi connectivity index (χ2v) is 6.66. The quantitative estimate of drug-likeness (QED) is 0.610. The lowest BCUT2D eigenvalue weighted by atomic mass is 10.2. The Kier molecular flexibility index (Phi) is 5.23. The van der Waals surface area contributed by atoms with Crippen molar-refractivity contribution in [2.45, 2.75) is 32.2 Å². The summed E-state index contributed by atoms with van der Waals surface area (Å²) in [6.45, 7) is 3.00. The molecule has 7 nitrogen and oxygen atoms in total. The molecular weight excluding hydrogens is 356 g/mol. The monoisotopic (exact) mass is 378 g/mol. The van der Waals surface area contributed by atoms with Crippen LogP contribution in [0.5, 0.6) is 5.75 Å². The summed E-state index contributed by atoms with van der Waals surface area (Å²) < 4.78 is 10.6. The molecule has 144 valence electrons. The number of anilines is 2. The third-order valence-corrected chi connectivity index (χ3v) is 4.44. The Morgan fingerprint density at radius 3 is 2.50 bits per heavy atom. The molecule has 0 bridgehead atoms.